The van der Waals surface area contributed by atoms with Gasteiger partial charge < -0.3 is 21.1 Å². The predicted molar refractivity (Wildman–Crippen MR) is 104 cm³/mol. The molecule has 1 aromatic carbocycles. The third kappa shape index (κ3) is 6.84. The summed E-state index contributed by atoms with van der Waals surface area (Å²) in [5.41, 5.74) is 1.58. The Balaban J connectivity index is 1.84. The topological polar surface area (TPSA) is 119 Å². The molecule has 0 radical (unpaired) electrons. The molecule has 2 amide bonds. The van der Waals surface area contributed by atoms with Gasteiger partial charge in [0.25, 0.3) is 0 Å². The van der Waals surface area contributed by atoms with Gasteiger partial charge in [-0.2, -0.15) is 5.10 Å². The largest absolute Gasteiger partial charge is 0.396 e. The minimum atomic E-state index is -0.406. The van der Waals surface area contributed by atoms with Crippen molar-refractivity contribution in [2.75, 3.05) is 18.5 Å². The molecule has 8 nitrogen and oxygen atoms in total. The maximum Gasteiger partial charge on any atom is 0.319 e. The first-order chi connectivity index (χ1) is 13.1. The summed E-state index contributed by atoms with van der Waals surface area (Å²) in [7, 11) is 0. The summed E-state index contributed by atoms with van der Waals surface area (Å²) in [4.78, 5) is 24.5. The summed E-state index contributed by atoms with van der Waals surface area (Å²) >= 11 is 0. The highest BCUT2D eigenvalue weighted by Gasteiger charge is 2.17. The number of anilines is 1. The second-order valence-corrected chi connectivity index (χ2v) is 6.23. The highest BCUT2D eigenvalue weighted by molar-refractivity contribution is 6.03. The first kappa shape index (κ1) is 20.6. The van der Waals surface area contributed by atoms with Crippen molar-refractivity contribution in [2.45, 2.75) is 38.8 Å². The molecular formula is C19H27N5O3. The van der Waals surface area contributed by atoms with E-state index in [4.69, 9.17) is 5.11 Å². The average molecular weight is 373 g/mol. The number of carbonyl (C=O) groups excluding carboxylic acids is 2. The maximum atomic E-state index is 12.4. The Morgan fingerprint density at radius 2 is 2.04 bits per heavy atom. The van der Waals surface area contributed by atoms with Crippen LogP contribution in [0.15, 0.2) is 36.5 Å². The van der Waals surface area contributed by atoms with Crippen molar-refractivity contribution in [3.63, 3.8) is 0 Å². The van der Waals surface area contributed by atoms with Gasteiger partial charge in [-0.15, -0.1) is 0 Å². The molecule has 8 heteroatoms. The number of amides is 2. The lowest BCUT2D eigenvalue weighted by Crippen LogP contribution is -2.34. The van der Waals surface area contributed by atoms with E-state index in [2.05, 4.69) is 26.1 Å². The molecule has 0 saturated carbocycles. The minimum Gasteiger partial charge on any atom is -0.396 e. The lowest BCUT2D eigenvalue weighted by atomic mass is 10.1. The number of hydrogen-bond donors (Lipinski definition) is 5. The zero-order chi connectivity index (χ0) is 19.5. The highest BCUT2D eigenvalue weighted by Crippen LogP contribution is 2.12. The van der Waals surface area contributed by atoms with Gasteiger partial charge in [0.1, 0.15) is 5.69 Å². The van der Waals surface area contributed by atoms with Crippen LogP contribution in [0.2, 0.25) is 0 Å². The number of Topliss-reactive ketones (excluding diaryl/α,β-unsaturated/α-hetero) is 1. The Labute approximate surface area is 158 Å². The summed E-state index contributed by atoms with van der Waals surface area (Å²) < 4.78 is 0. The summed E-state index contributed by atoms with van der Waals surface area (Å²) in [6.07, 6.45) is 3.77. The summed E-state index contributed by atoms with van der Waals surface area (Å²) in [5.74, 6) is -0.187. The van der Waals surface area contributed by atoms with E-state index < -0.39 is 6.03 Å². The van der Waals surface area contributed by atoms with Crippen LogP contribution in [0.3, 0.4) is 0 Å². The van der Waals surface area contributed by atoms with Gasteiger partial charge in [-0.3, -0.25) is 9.89 Å². The quantitative estimate of drug-likeness (QED) is 0.386. The number of nitrogens with one attached hydrogen (secondary N) is 4. The first-order valence-electron chi connectivity index (χ1n) is 9.13. The molecule has 1 heterocycles. The summed E-state index contributed by atoms with van der Waals surface area (Å²) in [6, 6.07) is 9.30. The van der Waals surface area contributed by atoms with E-state index in [9.17, 15) is 9.59 Å². The number of benzene rings is 1. The van der Waals surface area contributed by atoms with Crippen molar-refractivity contribution >= 4 is 17.5 Å². The molecule has 1 atom stereocenters. The maximum absolute atomic E-state index is 12.4. The third-order valence-corrected chi connectivity index (χ3v) is 4.22. The molecule has 0 fully saturated rings. The predicted octanol–water partition coefficient (Wildman–Crippen LogP) is 2.05. The van der Waals surface area contributed by atoms with Crippen molar-refractivity contribution in [3.05, 3.63) is 47.8 Å². The molecule has 27 heavy (non-hydrogen) atoms. The lowest BCUT2D eigenvalue weighted by Gasteiger charge is -2.15. The van der Waals surface area contributed by atoms with Crippen LogP contribution in [0, 0.1) is 0 Å². The van der Waals surface area contributed by atoms with Gasteiger partial charge in [-0.05, 0) is 24.8 Å². The fourth-order valence-electron chi connectivity index (χ4n) is 2.65. The Hall–Kier alpha value is -2.71. The summed E-state index contributed by atoms with van der Waals surface area (Å²) in [6.45, 7) is 2.68. The number of H-pyrrole nitrogens is 1. The standard InChI is InChI=1S/C19H27N5O3/c1-2-15(9-6-10-25)20-13-17(26)18-16(12-22-24-18)23-19(27)21-11-14-7-4-3-5-8-14/h3-5,7-8,12,15,20,25H,2,6,9-11,13H2,1H3,(H,22,24)(H2,21,23,27)/t15-/m0/s1. The lowest BCUT2D eigenvalue weighted by molar-refractivity contribution is 0.0982. The Bertz CT molecular complexity index is 717. The van der Waals surface area contributed by atoms with E-state index in [0.717, 1.165) is 18.4 Å². The molecule has 5 N–H and O–H groups in total. The zero-order valence-corrected chi connectivity index (χ0v) is 15.5. The van der Waals surface area contributed by atoms with Crippen LogP contribution in [0.1, 0.15) is 42.2 Å². The molecule has 0 bridgehead atoms. The van der Waals surface area contributed by atoms with Crippen LogP contribution >= 0.6 is 0 Å². The Morgan fingerprint density at radius 3 is 2.74 bits per heavy atom. The van der Waals surface area contributed by atoms with Crippen LogP contribution in [-0.2, 0) is 6.54 Å². The van der Waals surface area contributed by atoms with Crippen LogP contribution in [-0.4, -0.2) is 46.3 Å². The van der Waals surface area contributed by atoms with E-state index in [1.165, 1.54) is 6.20 Å². The number of nitrogens with zero attached hydrogens (tertiary/aromatic N) is 1. The van der Waals surface area contributed by atoms with E-state index in [1.807, 2.05) is 37.3 Å². The molecule has 0 unspecified atom stereocenters. The van der Waals surface area contributed by atoms with Gasteiger partial charge in [0, 0.05) is 19.2 Å². The van der Waals surface area contributed by atoms with E-state index in [1.54, 1.807) is 0 Å². The number of urea groups is 1. The number of aromatic nitrogens is 2. The van der Waals surface area contributed by atoms with Gasteiger partial charge in [0.15, 0.2) is 5.78 Å². The van der Waals surface area contributed by atoms with Crippen molar-refractivity contribution in [1.29, 1.82) is 0 Å². The number of aliphatic hydroxyl groups is 1. The minimum absolute atomic E-state index is 0.131. The van der Waals surface area contributed by atoms with Crippen molar-refractivity contribution in [2.24, 2.45) is 0 Å². The molecular weight excluding hydrogens is 346 g/mol. The average Bonchev–Trinajstić information content (AvgIpc) is 3.15. The van der Waals surface area contributed by atoms with Crippen molar-refractivity contribution in [3.8, 4) is 0 Å². The number of aromatic amines is 1. The van der Waals surface area contributed by atoms with Crippen LogP contribution in [0.5, 0.6) is 0 Å². The molecule has 2 aromatic rings. The number of ketones is 1. The van der Waals surface area contributed by atoms with Gasteiger partial charge in [0.2, 0.25) is 0 Å². The molecule has 2 rings (SSSR count). The zero-order valence-electron chi connectivity index (χ0n) is 15.5. The molecule has 1 aromatic heterocycles. The molecule has 0 saturated heterocycles. The molecule has 0 spiro atoms. The Kier molecular flexibility index (Phi) is 8.47. The van der Waals surface area contributed by atoms with Crippen molar-refractivity contribution in [1.82, 2.24) is 20.8 Å². The first-order valence-corrected chi connectivity index (χ1v) is 9.13. The molecule has 146 valence electrons. The van der Waals surface area contributed by atoms with Crippen LogP contribution in [0.25, 0.3) is 0 Å². The Morgan fingerprint density at radius 1 is 1.26 bits per heavy atom. The smallest absolute Gasteiger partial charge is 0.319 e. The second kappa shape index (κ2) is 11.1. The monoisotopic (exact) mass is 373 g/mol. The number of carbonyl (C=O) groups is 2. The number of aliphatic hydroxyl groups excluding tert-OH is 1. The second-order valence-electron chi connectivity index (χ2n) is 6.23. The fraction of sp³-hybridized carbons (Fsp3) is 0.421. The van der Waals surface area contributed by atoms with E-state index >= 15 is 0 Å². The number of rotatable bonds is 11. The van der Waals surface area contributed by atoms with Gasteiger partial charge in [-0.25, -0.2) is 4.79 Å². The van der Waals surface area contributed by atoms with E-state index in [-0.39, 0.29) is 30.7 Å². The third-order valence-electron chi connectivity index (χ3n) is 4.22. The van der Waals surface area contributed by atoms with Gasteiger partial charge >= 0.3 is 6.03 Å². The molecule has 0 aliphatic carbocycles. The van der Waals surface area contributed by atoms with Crippen LogP contribution in [0.4, 0.5) is 10.5 Å². The fourth-order valence-corrected chi connectivity index (χ4v) is 2.65. The van der Waals surface area contributed by atoms with Gasteiger partial charge in [-0.1, -0.05) is 37.3 Å². The van der Waals surface area contributed by atoms with E-state index in [0.29, 0.717) is 18.7 Å². The highest BCUT2D eigenvalue weighted by atomic mass is 16.3. The van der Waals surface area contributed by atoms with Crippen LogP contribution < -0.4 is 16.0 Å². The normalized spacial score (nSPS) is 11.8. The molecule has 0 aliphatic heterocycles. The molecule has 0 aliphatic rings. The number of hydrogen-bond acceptors (Lipinski definition) is 5. The van der Waals surface area contributed by atoms with Crippen molar-refractivity contribution < 1.29 is 14.7 Å². The van der Waals surface area contributed by atoms with Gasteiger partial charge in [0.05, 0.1) is 18.4 Å². The summed E-state index contributed by atoms with van der Waals surface area (Å²) in [5, 5.41) is 24.0. The SMILES string of the molecule is CC[C@@H](CCCO)NCC(=O)c1[nH]ncc1NC(=O)NCc1ccccc1.